The van der Waals surface area contributed by atoms with Crippen molar-refractivity contribution in [2.24, 2.45) is 12.2 Å². The van der Waals surface area contributed by atoms with Gasteiger partial charge in [-0.05, 0) is 18.4 Å². The van der Waals surface area contributed by atoms with E-state index in [2.05, 4.69) is 15.1 Å². The minimum absolute atomic E-state index is 0.0450. The lowest BCUT2D eigenvalue weighted by Gasteiger charge is -2.15. The molecule has 0 aliphatic carbocycles. The summed E-state index contributed by atoms with van der Waals surface area (Å²) >= 11 is 0. The van der Waals surface area contributed by atoms with E-state index in [1.54, 1.807) is 7.05 Å². The largest absolute Gasteiger partial charge is 0.390 e. The van der Waals surface area contributed by atoms with Gasteiger partial charge in [-0.25, -0.2) is 0 Å². The average Bonchev–Trinajstić information content (AvgIpc) is 2.70. The molecule has 108 valence electrons. The highest BCUT2D eigenvalue weighted by atomic mass is 16.6. The summed E-state index contributed by atoms with van der Waals surface area (Å²) in [6.07, 6.45) is 0.490. The number of aromatic nitrogens is 2. The van der Waals surface area contributed by atoms with Crippen molar-refractivity contribution < 1.29 is 14.8 Å². The molecule has 3 atom stereocenters. The summed E-state index contributed by atoms with van der Waals surface area (Å²) in [5.41, 5.74) is 8.68. The van der Waals surface area contributed by atoms with Gasteiger partial charge < -0.3 is 9.84 Å². The standard InChI is InChI=1S/C10H14N6O4/c1-15-10(7(4-12-15)16(18)19)9-3-2-6(13-14-11)8(17)5-20-9/h4,6,8-9,17H,2-3,5H2,1H3/t6-,8-,9-/m1/s1. The molecule has 0 unspecified atom stereocenters. The monoisotopic (exact) mass is 282 g/mol. The first-order valence-corrected chi connectivity index (χ1v) is 6.04. The highest BCUT2D eigenvalue weighted by Crippen LogP contribution is 2.33. The number of rotatable bonds is 3. The van der Waals surface area contributed by atoms with Gasteiger partial charge in [0, 0.05) is 12.0 Å². The molecule has 0 radical (unpaired) electrons. The molecule has 1 aromatic heterocycles. The molecule has 0 bridgehead atoms. The quantitative estimate of drug-likeness (QED) is 0.292. The summed E-state index contributed by atoms with van der Waals surface area (Å²) in [5, 5.41) is 28.2. The minimum Gasteiger partial charge on any atom is -0.390 e. The lowest BCUT2D eigenvalue weighted by Crippen LogP contribution is -2.26. The maximum absolute atomic E-state index is 11.0. The maximum atomic E-state index is 11.0. The average molecular weight is 282 g/mol. The van der Waals surface area contributed by atoms with Crippen molar-refractivity contribution in [1.29, 1.82) is 0 Å². The predicted molar refractivity (Wildman–Crippen MR) is 66.7 cm³/mol. The Morgan fingerprint density at radius 2 is 2.45 bits per heavy atom. The molecule has 1 N–H and O–H groups in total. The summed E-state index contributed by atoms with van der Waals surface area (Å²) in [7, 11) is 1.60. The zero-order valence-electron chi connectivity index (χ0n) is 10.8. The van der Waals surface area contributed by atoms with Crippen molar-refractivity contribution in [3.05, 3.63) is 32.4 Å². The van der Waals surface area contributed by atoms with Crippen LogP contribution in [-0.2, 0) is 11.8 Å². The van der Waals surface area contributed by atoms with Gasteiger partial charge in [0.25, 0.3) is 0 Å². The van der Waals surface area contributed by atoms with Crippen LogP contribution >= 0.6 is 0 Å². The Bertz CT molecular complexity index is 552. The molecule has 0 aromatic carbocycles. The molecule has 0 saturated carbocycles. The van der Waals surface area contributed by atoms with Crippen LogP contribution in [0, 0.1) is 10.1 Å². The Morgan fingerprint density at radius 3 is 3.10 bits per heavy atom. The normalized spacial score (nSPS) is 26.6. The van der Waals surface area contributed by atoms with Crippen LogP contribution in [0.5, 0.6) is 0 Å². The summed E-state index contributed by atoms with van der Waals surface area (Å²) in [5.74, 6) is 0. The highest BCUT2D eigenvalue weighted by Gasteiger charge is 2.32. The maximum Gasteiger partial charge on any atom is 0.312 e. The van der Waals surface area contributed by atoms with E-state index in [4.69, 9.17) is 10.3 Å². The molecule has 1 aromatic rings. The van der Waals surface area contributed by atoms with Gasteiger partial charge in [0.2, 0.25) is 0 Å². The number of nitrogens with zero attached hydrogens (tertiary/aromatic N) is 6. The van der Waals surface area contributed by atoms with Gasteiger partial charge in [-0.2, -0.15) is 5.10 Å². The Labute approximate surface area is 113 Å². The van der Waals surface area contributed by atoms with Gasteiger partial charge in [-0.15, -0.1) is 0 Å². The number of aliphatic hydroxyl groups excluding tert-OH is 1. The minimum atomic E-state index is -0.914. The molecule has 0 amide bonds. The van der Waals surface area contributed by atoms with Gasteiger partial charge in [-0.3, -0.25) is 14.8 Å². The second kappa shape index (κ2) is 5.87. The molecule has 1 aliphatic heterocycles. The molecule has 20 heavy (non-hydrogen) atoms. The van der Waals surface area contributed by atoms with Crippen LogP contribution in [0.25, 0.3) is 10.4 Å². The van der Waals surface area contributed by atoms with Gasteiger partial charge in [0.1, 0.15) is 18.0 Å². The molecule has 1 saturated heterocycles. The van der Waals surface area contributed by atoms with Crippen molar-refractivity contribution in [2.45, 2.75) is 31.1 Å². The first-order valence-electron chi connectivity index (χ1n) is 6.04. The van der Waals surface area contributed by atoms with E-state index in [0.717, 1.165) is 0 Å². The van der Waals surface area contributed by atoms with E-state index < -0.39 is 23.2 Å². The van der Waals surface area contributed by atoms with Gasteiger partial charge in [0.05, 0.1) is 23.7 Å². The zero-order valence-corrected chi connectivity index (χ0v) is 10.8. The first kappa shape index (κ1) is 14.3. The Kier molecular flexibility index (Phi) is 4.18. The molecule has 0 spiro atoms. The molecular weight excluding hydrogens is 268 g/mol. The second-order valence-electron chi connectivity index (χ2n) is 4.53. The van der Waals surface area contributed by atoms with Crippen LogP contribution in [0.1, 0.15) is 24.6 Å². The third-order valence-electron chi connectivity index (χ3n) is 3.30. The predicted octanol–water partition coefficient (Wildman–Crippen LogP) is 1.22. The Balaban J connectivity index is 2.24. The number of aryl methyl sites for hydroxylation is 1. The summed E-state index contributed by atoms with van der Waals surface area (Å²) in [6, 6.07) is -0.586. The first-order chi connectivity index (χ1) is 9.54. The van der Waals surface area contributed by atoms with E-state index in [9.17, 15) is 15.2 Å². The molecule has 2 heterocycles. The van der Waals surface area contributed by atoms with E-state index in [0.29, 0.717) is 18.5 Å². The van der Waals surface area contributed by atoms with Crippen molar-refractivity contribution in [1.82, 2.24) is 9.78 Å². The van der Waals surface area contributed by atoms with Gasteiger partial charge >= 0.3 is 5.69 Å². The molecule has 10 heteroatoms. The fourth-order valence-electron chi connectivity index (χ4n) is 2.29. The topological polar surface area (TPSA) is 139 Å². The lowest BCUT2D eigenvalue weighted by atomic mass is 10.0. The summed E-state index contributed by atoms with van der Waals surface area (Å²) in [4.78, 5) is 13.1. The Hall–Kier alpha value is -2.16. The number of ether oxygens (including phenoxy) is 1. The number of azide groups is 1. The zero-order chi connectivity index (χ0) is 14.7. The second-order valence-corrected chi connectivity index (χ2v) is 4.53. The van der Waals surface area contributed by atoms with Crippen LogP contribution in [0.3, 0.4) is 0 Å². The smallest absolute Gasteiger partial charge is 0.312 e. The van der Waals surface area contributed by atoms with E-state index in [1.807, 2.05) is 0 Å². The van der Waals surface area contributed by atoms with Crippen LogP contribution < -0.4 is 0 Å². The summed E-state index contributed by atoms with van der Waals surface area (Å²) < 4.78 is 6.90. The molecular formula is C10H14N6O4. The van der Waals surface area contributed by atoms with Gasteiger partial charge in [-0.1, -0.05) is 5.11 Å². The van der Waals surface area contributed by atoms with Crippen molar-refractivity contribution >= 4 is 5.69 Å². The lowest BCUT2D eigenvalue weighted by molar-refractivity contribution is -0.386. The van der Waals surface area contributed by atoms with Crippen LogP contribution in [0.15, 0.2) is 11.3 Å². The number of aliphatic hydroxyl groups is 1. The van der Waals surface area contributed by atoms with E-state index in [-0.39, 0.29) is 12.3 Å². The van der Waals surface area contributed by atoms with Crippen molar-refractivity contribution in [3.8, 4) is 0 Å². The van der Waals surface area contributed by atoms with Crippen molar-refractivity contribution in [3.63, 3.8) is 0 Å². The molecule has 2 rings (SSSR count). The fraction of sp³-hybridized carbons (Fsp3) is 0.700. The van der Waals surface area contributed by atoms with Gasteiger partial charge in [0.15, 0.2) is 0 Å². The third-order valence-corrected chi connectivity index (χ3v) is 3.30. The van der Waals surface area contributed by atoms with E-state index >= 15 is 0 Å². The molecule has 1 aliphatic rings. The van der Waals surface area contributed by atoms with E-state index in [1.165, 1.54) is 10.9 Å². The van der Waals surface area contributed by atoms with Crippen molar-refractivity contribution in [2.75, 3.05) is 6.61 Å². The number of hydrogen-bond donors (Lipinski definition) is 1. The fourth-order valence-corrected chi connectivity index (χ4v) is 2.29. The number of nitro groups is 1. The molecule has 10 nitrogen and oxygen atoms in total. The third kappa shape index (κ3) is 2.72. The molecule has 1 fully saturated rings. The Morgan fingerprint density at radius 1 is 1.70 bits per heavy atom. The van der Waals surface area contributed by atoms with Crippen LogP contribution in [-0.4, -0.2) is 38.6 Å². The van der Waals surface area contributed by atoms with Crippen LogP contribution in [0.2, 0.25) is 0 Å². The SMILES string of the molecule is Cn1ncc([N+](=O)[O-])c1[C@H]1CC[C@@H](N=[N+]=[N-])[C@H](O)CO1. The summed E-state index contributed by atoms with van der Waals surface area (Å²) in [6.45, 7) is -0.0450. The highest BCUT2D eigenvalue weighted by molar-refractivity contribution is 5.34. The van der Waals surface area contributed by atoms with Crippen LogP contribution in [0.4, 0.5) is 5.69 Å². The number of hydrogen-bond acceptors (Lipinski definition) is 6.